The van der Waals surface area contributed by atoms with Crippen LogP contribution in [0.4, 0.5) is 10.5 Å². The van der Waals surface area contributed by atoms with Crippen molar-refractivity contribution in [3.8, 4) is 0 Å². The second-order valence-electron chi connectivity index (χ2n) is 9.10. The molecule has 0 aliphatic carbocycles. The van der Waals surface area contributed by atoms with Gasteiger partial charge in [-0.05, 0) is 64.8 Å². The summed E-state index contributed by atoms with van der Waals surface area (Å²) in [4.78, 5) is 28.7. The number of aliphatic hydroxyl groups excluding tert-OH is 1. The van der Waals surface area contributed by atoms with E-state index in [2.05, 4.69) is 10.2 Å². The van der Waals surface area contributed by atoms with E-state index in [0.717, 1.165) is 18.7 Å². The maximum absolute atomic E-state index is 12.7. The van der Waals surface area contributed by atoms with Gasteiger partial charge in [-0.25, -0.2) is 4.79 Å². The van der Waals surface area contributed by atoms with Crippen LogP contribution in [0.1, 0.15) is 50.9 Å². The number of amides is 2. The predicted molar refractivity (Wildman–Crippen MR) is 108 cm³/mol. The third-order valence-electron chi connectivity index (χ3n) is 5.20. The highest BCUT2D eigenvalue weighted by Crippen LogP contribution is 2.25. The van der Waals surface area contributed by atoms with Crippen molar-refractivity contribution >= 4 is 17.7 Å². The largest absolute Gasteiger partial charge is 0.444 e. The summed E-state index contributed by atoms with van der Waals surface area (Å²) in [6.45, 7) is 9.92. The molecule has 2 aliphatic rings. The van der Waals surface area contributed by atoms with Crippen molar-refractivity contribution in [3.05, 3.63) is 29.8 Å². The molecule has 3 rings (SSSR count). The molecule has 2 aliphatic heterocycles. The molecule has 0 aromatic heterocycles. The topological polar surface area (TPSA) is 82.1 Å². The lowest BCUT2D eigenvalue weighted by atomic mass is 10.0. The Balaban J connectivity index is 1.57. The Bertz CT molecular complexity index is 728. The van der Waals surface area contributed by atoms with Crippen LogP contribution in [0.5, 0.6) is 0 Å². The number of carbonyl (C=O) groups excluding carboxylic acids is 2. The van der Waals surface area contributed by atoms with E-state index in [4.69, 9.17) is 4.74 Å². The highest BCUT2D eigenvalue weighted by molar-refractivity contribution is 5.95. The van der Waals surface area contributed by atoms with E-state index >= 15 is 0 Å². The molecule has 2 unspecified atom stereocenters. The first-order chi connectivity index (χ1) is 13.0. The summed E-state index contributed by atoms with van der Waals surface area (Å²) in [6, 6.07) is 7.44. The lowest BCUT2D eigenvalue weighted by Crippen LogP contribution is -2.49. The van der Waals surface area contributed by atoms with Gasteiger partial charge in [-0.3, -0.25) is 4.79 Å². The number of aliphatic hydroxyl groups is 1. The number of likely N-dealkylation sites (tertiary alicyclic amines) is 1. The van der Waals surface area contributed by atoms with Crippen LogP contribution in [0.25, 0.3) is 0 Å². The van der Waals surface area contributed by atoms with E-state index < -0.39 is 11.1 Å². The van der Waals surface area contributed by atoms with Crippen LogP contribution in [0.2, 0.25) is 0 Å². The van der Waals surface area contributed by atoms with E-state index in [1.807, 2.05) is 39.8 Å². The van der Waals surface area contributed by atoms with Crippen molar-refractivity contribution in [1.29, 1.82) is 0 Å². The third kappa shape index (κ3) is 4.95. The van der Waals surface area contributed by atoms with Crippen LogP contribution >= 0.6 is 0 Å². The molecule has 7 heteroatoms. The van der Waals surface area contributed by atoms with Crippen LogP contribution < -0.4 is 10.2 Å². The quantitative estimate of drug-likeness (QED) is 0.830. The molecule has 154 valence electrons. The molecule has 0 radical (unpaired) electrons. The lowest BCUT2D eigenvalue weighted by molar-refractivity contribution is 0.0280. The third-order valence-corrected chi connectivity index (χ3v) is 5.20. The number of hydrogen-bond acceptors (Lipinski definition) is 5. The van der Waals surface area contributed by atoms with Gasteiger partial charge in [0.15, 0.2) is 0 Å². The smallest absolute Gasteiger partial charge is 0.410 e. The molecule has 2 amide bonds. The van der Waals surface area contributed by atoms with Gasteiger partial charge in [-0.15, -0.1) is 0 Å². The molecule has 0 bridgehead atoms. The minimum absolute atomic E-state index is 0.151. The van der Waals surface area contributed by atoms with E-state index in [1.165, 1.54) is 0 Å². The van der Waals surface area contributed by atoms with Crippen molar-refractivity contribution in [2.45, 2.75) is 57.8 Å². The first-order valence-electron chi connectivity index (χ1n) is 9.88. The Labute approximate surface area is 166 Å². The van der Waals surface area contributed by atoms with Gasteiger partial charge in [-0.2, -0.15) is 0 Å². The molecule has 0 spiro atoms. The number of benzene rings is 1. The fraction of sp³-hybridized carbons (Fsp3) is 0.619. The minimum Gasteiger partial charge on any atom is -0.444 e. The van der Waals surface area contributed by atoms with E-state index in [0.29, 0.717) is 31.6 Å². The minimum atomic E-state index is -0.535. The Hall–Kier alpha value is -2.28. The predicted octanol–water partition coefficient (Wildman–Crippen LogP) is 2.39. The highest BCUT2D eigenvalue weighted by atomic mass is 16.6. The molecule has 2 atom stereocenters. The fourth-order valence-electron chi connectivity index (χ4n) is 3.69. The van der Waals surface area contributed by atoms with Crippen molar-refractivity contribution in [3.63, 3.8) is 0 Å². The number of nitrogens with one attached hydrogen (secondary N) is 1. The van der Waals surface area contributed by atoms with Crippen LogP contribution in [-0.4, -0.2) is 65.4 Å². The summed E-state index contributed by atoms with van der Waals surface area (Å²) in [5, 5.41) is 12.7. The van der Waals surface area contributed by atoms with E-state index in [1.54, 1.807) is 17.0 Å². The molecule has 2 heterocycles. The fourth-order valence-corrected chi connectivity index (χ4v) is 3.69. The molecule has 2 saturated heterocycles. The van der Waals surface area contributed by atoms with E-state index in [-0.39, 0.29) is 18.1 Å². The monoisotopic (exact) mass is 389 g/mol. The first kappa shape index (κ1) is 20.5. The standard InChI is InChI=1S/C21H31N3O4/c1-20(2,3)28-19(27)24-12-10-21(4,14-24)22-18(26)15-5-7-16(8-6-15)23-11-9-17(25)13-23/h5-8,17,25H,9-14H2,1-4H3,(H,22,26). The van der Waals surface area contributed by atoms with E-state index in [9.17, 15) is 14.7 Å². The van der Waals surface area contributed by atoms with Gasteiger partial charge in [0.25, 0.3) is 5.91 Å². The zero-order valence-electron chi connectivity index (χ0n) is 17.2. The molecule has 1 aromatic rings. The Morgan fingerprint density at radius 3 is 2.46 bits per heavy atom. The Kier molecular flexibility index (Phi) is 5.57. The van der Waals surface area contributed by atoms with Gasteiger partial charge >= 0.3 is 6.09 Å². The Morgan fingerprint density at radius 1 is 1.21 bits per heavy atom. The molecule has 7 nitrogen and oxygen atoms in total. The van der Waals surface area contributed by atoms with Crippen molar-refractivity contribution in [2.24, 2.45) is 0 Å². The number of β-amino-alcohol motifs (C(OH)–C–C–N with tert-alkyl or cyclic N) is 1. The van der Waals surface area contributed by atoms with Gasteiger partial charge in [-0.1, -0.05) is 0 Å². The SMILES string of the molecule is CC1(NC(=O)c2ccc(N3CCC(O)C3)cc2)CCN(C(=O)OC(C)(C)C)C1. The van der Waals surface area contributed by atoms with Crippen LogP contribution in [0.15, 0.2) is 24.3 Å². The lowest BCUT2D eigenvalue weighted by Gasteiger charge is -2.28. The number of rotatable bonds is 3. The summed E-state index contributed by atoms with van der Waals surface area (Å²) in [7, 11) is 0. The molecule has 1 aromatic carbocycles. The summed E-state index contributed by atoms with van der Waals surface area (Å²) >= 11 is 0. The second kappa shape index (κ2) is 7.62. The van der Waals surface area contributed by atoms with Crippen molar-refractivity contribution < 1.29 is 19.4 Å². The van der Waals surface area contributed by atoms with Crippen LogP contribution in [-0.2, 0) is 4.74 Å². The number of ether oxygens (including phenoxy) is 1. The summed E-state index contributed by atoms with van der Waals surface area (Å²) in [5.41, 5.74) is 0.578. The zero-order valence-corrected chi connectivity index (χ0v) is 17.2. The average molecular weight is 389 g/mol. The maximum Gasteiger partial charge on any atom is 0.410 e. The highest BCUT2D eigenvalue weighted by Gasteiger charge is 2.39. The van der Waals surface area contributed by atoms with Crippen molar-refractivity contribution in [1.82, 2.24) is 10.2 Å². The molecule has 2 fully saturated rings. The average Bonchev–Trinajstić information content (AvgIpc) is 3.20. The Morgan fingerprint density at radius 2 is 1.89 bits per heavy atom. The molecule has 2 N–H and O–H groups in total. The molecule has 28 heavy (non-hydrogen) atoms. The number of carbonyl (C=O) groups is 2. The number of nitrogens with zero attached hydrogens (tertiary/aromatic N) is 2. The molecule has 0 saturated carbocycles. The second-order valence-corrected chi connectivity index (χ2v) is 9.10. The van der Waals surface area contributed by atoms with Crippen LogP contribution in [0, 0.1) is 0 Å². The number of hydrogen-bond donors (Lipinski definition) is 2. The van der Waals surface area contributed by atoms with Gasteiger partial charge in [0.1, 0.15) is 5.60 Å². The summed E-state index contributed by atoms with van der Waals surface area (Å²) in [5.74, 6) is -0.151. The van der Waals surface area contributed by atoms with Gasteiger partial charge in [0.05, 0.1) is 11.6 Å². The van der Waals surface area contributed by atoms with Crippen LogP contribution in [0.3, 0.4) is 0 Å². The normalized spacial score (nSPS) is 25.1. The van der Waals surface area contributed by atoms with Gasteiger partial charge < -0.3 is 25.0 Å². The molecular formula is C21H31N3O4. The zero-order chi connectivity index (χ0) is 20.5. The van der Waals surface area contributed by atoms with Crippen molar-refractivity contribution in [2.75, 3.05) is 31.1 Å². The first-order valence-corrected chi connectivity index (χ1v) is 9.88. The van der Waals surface area contributed by atoms with Gasteiger partial charge in [0, 0.05) is 37.4 Å². The summed E-state index contributed by atoms with van der Waals surface area (Å²) < 4.78 is 5.43. The molecular weight excluding hydrogens is 358 g/mol. The summed E-state index contributed by atoms with van der Waals surface area (Å²) in [6.07, 6.45) is 0.831. The van der Waals surface area contributed by atoms with Gasteiger partial charge in [0.2, 0.25) is 0 Å². The number of anilines is 1. The maximum atomic E-state index is 12.7.